The second kappa shape index (κ2) is 6.70. The van der Waals surface area contributed by atoms with E-state index >= 15 is 0 Å². The second-order valence-corrected chi connectivity index (χ2v) is 5.49. The zero-order valence-electron chi connectivity index (χ0n) is 10.7. The predicted molar refractivity (Wildman–Crippen MR) is 68.4 cm³/mol. The first-order valence-corrected chi connectivity index (χ1v) is 7.39. The van der Waals surface area contributed by atoms with E-state index in [4.69, 9.17) is 4.42 Å². The van der Waals surface area contributed by atoms with Crippen LogP contribution in [0.5, 0.6) is 0 Å². The van der Waals surface area contributed by atoms with Crippen molar-refractivity contribution in [1.29, 1.82) is 0 Å². The maximum atomic E-state index is 11.0. The first-order valence-electron chi connectivity index (χ1n) is 5.66. The van der Waals surface area contributed by atoms with E-state index in [2.05, 4.69) is 20.8 Å². The maximum absolute atomic E-state index is 11.0. The molecule has 0 saturated carbocycles. The molecular formula is C10H20N4O2S. The molecule has 98 valence electrons. The van der Waals surface area contributed by atoms with E-state index in [1.807, 2.05) is 20.8 Å². The van der Waals surface area contributed by atoms with Gasteiger partial charge in [-0.15, -0.1) is 5.10 Å². The molecule has 6 nitrogen and oxygen atoms in total. The Balaban J connectivity index is 2.53. The van der Waals surface area contributed by atoms with Gasteiger partial charge in [0.05, 0.1) is 6.04 Å². The lowest BCUT2D eigenvalue weighted by molar-refractivity contribution is 0.427. The smallest absolute Gasteiger partial charge is 0.315 e. The minimum Gasteiger partial charge on any atom is -0.406 e. The van der Waals surface area contributed by atoms with Crippen molar-refractivity contribution in [3.8, 4) is 0 Å². The van der Waals surface area contributed by atoms with E-state index in [9.17, 15) is 4.21 Å². The molecule has 3 unspecified atom stereocenters. The lowest BCUT2D eigenvalue weighted by Gasteiger charge is -2.09. The minimum atomic E-state index is -0.839. The largest absolute Gasteiger partial charge is 0.406 e. The Morgan fingerprint density at radius 3 is 2.71 bits per heavy atom. The van der Waals surface area contributed by atoms with Gasteiger partial charge in [0, 0.05) is 28.9 Å². The zero-order valence-corrected chi connectivity index (χ0v) is 11.5. The van der Waals surface area contributed by atoms with E-state index < -0.39 is 10.8 Å². The van der Waals surface area contributed by atoms with Gasteiger partial charge in [-0.2, -0.15) is 0 Å². The highest BCUT2D eigenvalue weighted by Gasteiger charge is 2.14. The maximum Gasteiger partial charge on any atom is 0.315 e. The molecule has 0 fully saturated rings. The van der Waals surface area contributed by atoms with Crippen LogP contribution in [0.3, 0.4) is 0 Å². The van der Waals surface area contributed by atoms with Crippen molar-refractivity contribution in [2.75, 3.05) is 23.9 Å². The van der Waals surface area contributed by atoms with Crippen LogP contribution in [0.15, 0.2) is 4.42 Å². The van der Waals surface area contributed by atoms with Crippen LogP contribution >= 0.6 is 0 Å². The summed E-state index contributed by atoms with van der Waals surface area (Å²) in [5.74, 6) is 1.11. The van der Waals surface area contributed by atoms with Crippen LogP contribution in [0, 0.1) is 0 Å². The zero-order chi connectivity index (χ0) is 12.8. The quantitative estimate of drug-likeness (QED) is 0.759. The molecule has 0 aliphatic carbocycles. The fourth-order valence-corrected chi connectivity index (χ4v) is 2.25. The highest BCUT2D eigenvalue weighted by molar-refractivity contribution is 7.84. The van der Waals surface area contributed by atoms with Gasteiger partial charge in [0.2, 0.25) is 5.89 Å². The molecule has 0 amide bonds. The van der Waals surface area contributed by atoms with Crippen molar-refractivity contribution in [2.24, 2.45) is 0 Å². The highest BCUT2D eigenvalue weighted by atomic mass is 32.2. The minimum absolute atomic E-state index is 0.0404. The molecule has 3 atom stereocenters. The Hall–Kier alpha value is -0.950. The van der Waals surface area contributed by atoms with Crippen LogP contribution in [0.25, 0.3) is 0 Å². The van der Waals surface area contributed by atoms with E-state index in [1.165, 1.54) is 0 Å². The third kappa shape index (κ3) is 4.82. The van der Waals surface area contributed by atoms with Crippen LogP contribution in [-0.4, -0.2) is 39.0 Å². The van der Waals surface area contributed by atoms with Gasteiger partial charge in [-0.3, -0.25) is 4.21 Å². The van der Waals surface area contributed by atoms with Crippen LogP contribution in [-0.2, 0) is 10.8 Å². The molecule has 0 spiro atoms. The van der Waals surface area contributed by atoms with Crippen LogP contribution in [0.1, 0.15) is 32.7 Å². The summed E-state index contributed by atoms with van der Waals surface area (Å²) in [6, 6.07) is 0.463. The standard InChI is InChI=1S/C10H20N4O2S/c1-5-11-8(3)9-13-14-10(16-9)12-7(2)6-17(4)15/h7-8,11H,5-6H2,1-4H3,(H,12,14). The van der Waals surface area contributed by atoms with Gasteiger partial charge in [-0.05, 0) is 20.4 Å². The number of hydrogen-bond donors (Lipinski definition) is 2. The van der Waals surface area contributed by atoms with Crippen molar-refractivity contribution in [3.05, 3.63) is 5.89 Å². The summed E-state index contributed by atoms with van der Waals surface area (Å²) >= 11 is 0. The molecular weight excluding hydrogens is 240 g/mol. The Morgan fingerprint density at radius 1 is 1.41 bits per heavy atom. The third-order valence-electron chi connectivity index (χ3n) is 2.18. The summed E-state index contributed by atoms with van der Waals surface area (Å²) in [5, 5.41) is 14.1. The fourth-order valence-electron chi connectivity index (χ4n) is 1.47. The average Bonchev–Trinajstić information content (AvgIpc) is 2.65. The van der Waals surface area contributed by atoms with Crippen molar-refractivity contribution in [2.45, 2.75) is 32.9 Å². The second-order valence-electron chi connectivity index (χ2n) is 4.01. The van der Waals surface area contributed by atoms with Crippen molar-refractivity contribution < 1.29 is 8.63 Å². The van der Waals surface area contributed by atoms with Gasteiger partial charge >= 0.3 is 6.01 Å². The molecule has 7 heteroatoms. The molecule has 0 bridgehead atoms. The van der Waals surface area contributed by atoms with Crippen LogP contribution < -0.4 is 10.6 Å². The SMILES string of the molecule is CCNC(C)c1nnc(NC(C)CS(C)=O)o1. The normalized spacial score (nSPS) is 16.5. The van der Waals surface area contributed by atoms with Gasteiger partial charge in [0.25, 0.3) is 0 Å². The average molecular weight is 260 g/mol. The summed E-state index contributed by atoms with van der Waals surface area (Å²) in [6.07, 6.45) is 1.67. The Morgan fingerprint density at radius 2 is 2.12 bits per heavy atom. The fraction of sp³-hybridized carbons (Fsp3) is 0.800. The van der Waals surface area contributed by atoms with Crippen LogP contribution in [0.2, 0.25) is 0 Å². The Bertz CT molecular complexity index is 369. The lowest BCUT2D eigenvalue weighted by atomic mass is 10.3. The predicted octanol–water partition coefficient (Wildman–Crippen LogP) is 0.919. The van der Waals surface area contributed by atoms with Crippen molar-refractivity contribution >= 4 is 16.8 Å². The molecule has 0 aromatic carbocycles. The monoisotopic (exact) mass is 260 g/mol. The molecule has 1 aromatic heterocycles. The van der Waals surface area contributed by atoms with Crippen LogP contribution in [0.4, 0.5) is 6.01 Å². The molecule has 17 heavy (non-hydrogen) atoms. The number of aromatic nitrogens is 2. The number of anilines is 1. The Kier molecular flexibility index (Phi) is 5.57. The highest BCUT2D eigenvalue weighted by Crippen LogP contribution is 2.14. The molecule has 0 saturated heterocycles. The number of rotatable bonds is 7. The summed E-state index contributed by atoms with van der Waals surface area (Å²) in [4.78, 5) is 0. The van der Waals surface area contributed by atoms with Gasteiger partial charge in [0.1, 0.15) is 0 Å². The van der Waals surface area contributed by atoms with E-state index in [0.717, 1.165) is 6.54 Å². The molecule has 2 N–H and O–H groups in total. The molecule has 1 heterocycles. The molecule has 0 aliphatic rings. The van der Waals surface area contributed by atoms with Crippen molar-refractivity contribution in [3.63, 3.8) is 0 Å². The number of nitrogens with zero attached hydrogens (tertiary/aromatic N) is 2. The number of hydrogen-bond acceptors (Lipinski definition) is 6. The van der Waals surface area contributed by atoms with E-state index in [-0.39, 0.29) is 12.1 Å². The van der Waals surface area contributed by atoms with Gasteiger partial charge in [-0.25, -0.2) is 0 Å². The topological polar surface area (TPSA) is 80.0 Å². The molecule has 0 radical (unpaired) electrons. The summed E-state index contributed by atoms with van der Waals surface area (Å²) in [5.41, 5.74) is 0. The molecule has 0 aliphatic heterocycles. The summed E-state index contributed by atoms with van der Waals surface area (Å²) in [7, 11) is -0.839. The first-order chi connectivity index (χ1) is 8.02. The molecule has 1 aromatic rings. The van der Waals surface area contributed by atoms with Gasteiger partial charge < -0.3 is 15.1 Å². The lowest BCUT2D eigenvalue weighted by Crippen LogP contribution is -2.22. The summed E-state index contributed by atoms with van der Waals surface area (Å²) in [6.45, 7) is 6.76. The Labute approximate surface area is 104 Å². The summed E-state index contributed by atoms with van der Waals surface area (Å²) < 4.78 is 16.5. The van der Waals surface area contributed by atoms with Gasteiger partial charge in [0.15, 0.2) is 0 Å². The molecule has 1 rings (SSSR count). The van der Waals surface area contributed by atoms with Gasteiger partial charge in [-0.1, -0.05) is 12.0 Å². The third-order valence-corrected chi connectivity index (χ3v) is 3.15. The first kappa shape index (κ1) is 14.1. The number of nitrogens with one attached hydrogen (secondary N) is 2. The van der Waals surface area contributed by atoms with E-state index in [1.54, 1.807) is 6.26 Å². The van der Waals surface area contributed by atoms with E-state index in [0.29, 0.717) is 17.7 Å². The van der Waals surface area contributed by atoms with Crippen molar-refractivity contribution in [1.82, 2.24) is 15.5 Å².